The van der Waals surface area contributed by atoms with Gasteiger partial charge in [-0.05, 0) is 0 Å². The Hall–Kier alpha value is -0.421. The molecule has 0 spiro atoms. The predicted octanol–water partition coefficient (Wildman–Crippen LogP) is 0.526. The Labute approximate surface area is 62.0 Å². The first-order valence-electron chi connectivity index (χ1n) is 2.32. The van der Waals surface area contributed by atoms with Crippen LogP contribution in [0.2, 0.25) is 0 Å². The van der Waals surface area contributed by atoms with Gasteiger partial charge in [-0.25, -0.2) is 0 Å². The summed E-state index contributed by atoms with van der Waals surface area (Å²) in [5.41, 5.74) is 3.77. The third kappa shape index (κ3) is 1.49. The Morgan fingerprint density at radius 2 is 2.56 bits per heavy atom. The maximum absolute atomic E-state index is 8.46. The van der Waals surface area contributed by atoms with Crippen molar-refractivity contribution in [1.29, 1.82) is 5.26 Å². The van der Waals surface area contributed by atoms with E-state index in [0.29, 0.717) is 0 Å². The molecule has 1 unspecified atom stereocenters. The molecule has 1 heterocycles. The van der Waals surface area contributed by atoms with E-state index in [1.165, 1.54) is 0 Å². The van der Waals surface area contributed by atoms with Crippen molar-refractivity contribution in [1.82, 2.24) is 0 Å². The molecular weight excluding hydrogens is 197 g/mol. The first-order valence-corrected chi connectivity index (χ1v) is 6.12. The fourth-order valence-electron chi connectivity index (χ4n) is 0.449. The zero-order valence-corrected chi connectivity index (χ0v) is 7.23. The van der Waals surface area contributed by atoms with E-state index in [4.69, 9.17) is 5.26 Å². The van der Waals surface area contributed by atoms with Gasteiger partial charge in [-0.15, -0.1) is 0 Å². The van der Waals surface area contributed by atoms with Gasteiger partial charge in [-0.2, -0.15) is 0 Å². The van der Waals surface area contributed by atoms with Crippen LogP contribution in [-0.4, -0.2) is 18.9 Å². The van der Waals surface area contributed by atoms with E-state index in [2.05, 4.69) is 10.4 Å². The molecular formula is C6H5NSSe. The molecule has 9 heavy (non-hydrogen) atoms. The van der Waals surface area contributed by atoms with Crippen LogP contribution in [0.3, 0.4) is 0 Å². The summed E-state index contributed by atoms with van der Waals surface area (Å²) in [6.07, 6.45) is 0. The van der Waals surface area contributed by atoms with Gasteiger partial charge in [-0.1, -0.05) is 0 Å². The van der Waals surface area contributed by atoms with Crippen molar-refractivity contribution >= 4 is 34.0 Å². The van der Waals surface area contributed by atoms with Gasteiger partial charge in [0.05, 0.1) is 0 Å². The zero-order chi connectivity index (χ0) is 6.69. The van der Waals surface area contributed by atoms with Gasteiger partial charge < -0.3 is 0 Å². The Morgan fingerprint density at radius 1 is 1.78 bits per heavy atom. The van der Waals surface area contributed by atoms with E-state index in [9.17, 15) is 0 Å². The van der Waals surface area contributed by atoms with E-state index in [-0.39, 0.29) is 0 Å². The van der Waals surface area contributed by atoms with E-state index in [1.807, 2.05) is 17.5 Å². The molecule has 1 aromatic rings. The standard InChI is InChI=1S/C6H5NSSe/c1-9(5-7)6-3-2-4-8-6/h2-4H,1H2. The number of thiophene rings is 1. The van der Waals surface area contributed by atoms with Crippen LogP contribution < -0.4 is 3.78 Å². The fraction of sp³-hybridized carbons (Fsp3) is 0. The average Bonchev–Trinajstić information content (AvgIpc) is 2.37. The second-order valence-corrected chi connectivity index (χ2v) is 5.89. The Kier molecular flexibility index (Phi) is 2.18. The summed E-state index contributed by atoms with van der Waals surface area (Å²) >= 11 is 0.332. The molecule has 0 aliphatic heterocycles. The number of rotatable bonds is 1. The first kappa shape index (κ1) is 6.70. The van der Waals surface area contributed by atoms with Crippen molar-refractivity contribution < 1.29 is 0 Å². The molecule has 0 aromatic carbocycles. The SMILES string of the molecule is C=[Se](C#N)c1cccs1. The van der Waals surface area contributed by atoms with Crippen molar-refractivity contribution in [3.05, 3.63) is 17.5 Å². The van der Waals surface area contributed by atoms with Gasteiger partial charge in [-0.3, -0.25) is 0 Å². The quantitative estimate of drug-likeness (QED) is 0.609. The summed E-state index contributed by atoms with van der Waals surface area (Å²) in [7, 11) is 0. The van der Waals surface area contributed by atoms with Gasteiger partial charge in [0, 0.05) is 0 Å². The van der Waals surface area contributed by atoms with E-state index in [1.54, 1.807) is 11.3 Å². The van der Waals surface area contributed by atoms with Crippen molar-refractivity contribution in [2.45, 2.75) is 0 Å². The van der Waals surface area contributed by atoms with Crippen molar-refractivity contribution in [3.63, 3.8) is 0 Å². The molecule has 0 radical (unpaired) electrons. The topological polar surface area (TPSA) is 23.8 Å². The molecule has 0 N–H and O–H groups in total. The molecule has 0 saturated heterocycles. The zero-order valence-electron chi connectivity index (χ0n) is 4.70. The molecule has 0 amide bonds. The molecule has 1 atom stereocenters. The molecule has 0 saturated carbocycles. The summed E-state index contributed by atoms with van der Waals surface area (Å²) in [6, 6.07) is 3.94. The van der Waals surface area contributed by atoms with Gasteiger partial charge in [0.25, 0.3) is 0 Å². The van der Waals surface area contributed by atoms with Crippen LogP contribution in [0.5, 0.6) is 0 Å². The van der Waals surface area contributed by atoms with Crippen LogP contribution in [-0.2, 0) is 0 Å². The molecule has 0 aliphatic rings. The van der Waals surface area contributed by atoms with Crippen molar-refractivity contribution in [2.24, 2.45) is 0 Å². The normalized spacial score (nSPS) is 12.3. The summed E-state index contributed by atoms with van der Waals surface area (Å²) in [6.45, 7) is 0. The molecule has 46 valence electrons. The third-order valence-corrected chi connectivity index (χ3v) is 4.93. The Balaban J connectivity index is 2.93. The van der Waals surface area contributed by atoms with E-state index in [0.717, 1.165) is 3.78 Å². The predicted molar refractivity (Wildman–Crippen MR) is 42.4 cm³/mol. The second-order valence-electron chi connectivity index (χ2n) is 1.41. The second kappa shape index (κ2) is 2.93. The molecule has 0 fully saturated rings. The molecule has 0 aliphatic carbocycles. The Morgan fingerprint density at radius 3 is 3.00 bits per heavy atom. The summed E-state index contributed by atoms with van der Waals surface area (Å²) in [5, 5.41) is 10.4. The number of nitrogens with zero attached hydrogens (tertiary/aromatic N) is 1. The monoisotopic (exact) mass is 203 g/mol. The number of hydrogen-bond acceptors (Lipinski definition) is 2. The van der Waals surface area contributed by atoms with Gasteiger partial charge in [0.1, 0.15) is 0 Å². The molecule has 0 bridgehead atoms. The molecule has 3 heteroatoms. The van der Waals surface area contributed by atoms with E-state index < -0.39 is 13.5 Å². The van der Waals surface area contributed by atoms with Crippen LogP contribution in [0.4, 0.5) is 0 Å². The van der Waals surface area contributed by atoms with Gasteiger partial charge in [0.15, 0.2) is 0 Å². The first-order chi connectivity index (χ1) is 4.34. The summed E-state index contributed by atoms with van der Waals surface area (Å²) < 4.78 is 1.16. The fourth-order valence-corrected chi connectivity index (χ4v) is 2.99. The minimum absolute atomic E-state index is 1.16. The van der Waals surface area contributed by atoms with Crippen LogP contribution in [0.1, 0.15) is 0 Å². The molecule has 1 rings (SSSR count). The van der Waals surface area contributed by atoms with Crippen LogP contribution in [0.15, 0.2) is 17.5 Å². The third-order valence-electron chi connectivity index (χ3n) is 0.848. The maximum atomic E-state index is 8.46. The van der Waals surface area contributed by atoms with Gasteiger partial charge >= 0.3 is 61.7 Å². The van der Waals surface area contributed by atoms with Crippen molar-refractivity contribution in [2.75, 3.05) is 0 Å². The van der Waals surface area contributed by atoms with E-state index >= 15 is 0 Å². The average molecular weight is 202 g/mol. The molecule has 1 aromatic heterocycles. The molecule has 1 nitrogen and oxygen atoms in total. The van der Waals surface area contributed by atoms with Crippen LogP contribution in [0.25, 0.3) is 0 Å². The van der Waals surface area contributed by atoms with Crippen molar-refractivity contribution in [3.8, 4) is 4.97 Å². The minimum atomic E-state index is -1.29. The summed E-state index contributed by atoms with van der Waals surface area (Å²) in [5.74, 6) is 0. The number of nitriles is 1. The Bertz CT molecular complexity index is 245. The van der Waals surface area contributed by atoms with Gasteiger partial charge in [0.2, 0.25) is 0 Å². The van der Waals surface area contributed by atoms with Crippen LogP contribution >= 0.6 is 11.3 Å². The van der Waals surface area contributed by atoms with Crippen LogP contribution in [0, 0.1) is 10.2 Å². The summed E-state index contributed by atoms with van der Waals surface area (Å²) in [4.78, 5) is 2.19. The number of hydrogen-bond donors (Lipinski definition) is 0.